The van der Waals surface area contributed by atoms with Crippen LogP contribution >= 0.6 is 11.6 Å². The third-order valence-corrected chi connectivity index (χ3v) is 3.36. The van der Waals surface area contributed by atoms with Crippen LogP contribution in [0.5, 0.6) is 0 Å². The molecule has 2 aromatic rings. The van der Waals surface area contributed by atoms with Crippen molar-refractivity contribution in [3.05, 3.63) is 46.7 Å². The summed E-state index contributed by atoms with van der Waals surface area (Å²) >= 11 is 6.09. The van der Waals surface area contributed by atoms with E-state index < -0.39 is 0 Å². The number of anilines is 2. The summed E-state index contributed by atoms with van der Waals surface area (Å²) in [6.07, 6.45) is 1.76. The second-order valence-corrected chi connectivity index (χ2v) is 5.50. The van der Waals surface area contributed by atoms with E-state index in [1.165, 1.54) is 0 Å². The number of rotatable bonds is 3. The molecule has 0 aliphatic carbocycles. The highest BCUT2D eigenvalue weighted by Gasteiger charge is 2.16. The predicted molar refractivity (Wildman–Crippen MR) is 83.4 cm³/mol. The number of benzene rings is 1. The largest absolute Gasteiger partial charge is 0.397 e. The molecule has 0 bridgehead atoms. The zero-order chi connectivity index (χ0) is 14.9. The zero-order valence-corrected chi connectivity index (χ0v) is 12.5. The lowest BCUT2D eigenvalue weighted by molar-refractivity contribution is 0.101. The Bertz CT molecular complexity index is 647. The van der Waals surface area contributed by atoms with E-state index in [4.69, 9.17) is 17.3 Å². The summed E-state index contributed by atoms with van der Waals surface area (Å²) in [4.78, 5) is 12.4. The fraction of sp³-hybridized carbons (Fsp3) is 0.267. The first-order valence-electron chi connectivity index (χ1n) is 6.43. The number of hydrogen-bond acceptors (Lipinski definition) is 2. The number of carbonyl (C=O) groups excluding carboxylic acids is 1. The van der Waals surface area contributed by atoms with Gasteiger partial charge in [0.15, 0.2) is 0 Å². The minimum Gasteiger partial charge on any atom is -0.397 e. The van der Waals surface area contributed by atoms with Crippen molar-refractivity contribution in [2.24, 2.45) is 0 Å². The lowest BCUT2D eigenvalue weighted by Crippen LogP contribution is -2.18. The van der Waals surface area contributed by atoms with Crippen LogP contribution in [0.4, 0.5) is 11.4 Å². The van der Waals surface area contributed by atoms with Gasteiger partial charge >= 0.3 is 0 Å². The molecule has 5 heteroatoms. The first-order chi connectivity index (χ1) is 9.38. The molecule has 0 spiro atoms. The van der Waals surface area contributed by atoms with Gasteiger partial charge in [-0.05, 0) is 44.5 Å². The second kappa shape index (κ2) is 5.59. The molecule has 1 aromatic carbocycles. The summed E-state index contributed by atoms with van der Waals surface area (Å²) in [7, 11) is 0. The average Bonchev–Trinajstić information content (AvgIpc) is 2.76. The fourth-order valence-corrected chi connectivity index (χ4v) is 2.20. The number of nitrogens with one attached hydrogen (secondary N) is 1. The summed E-state index contributed by atoms with van der Waals surface area (Å²) in [5.74, 6) is -0.220. The highest BCUT2D eigenvalue weighted by molar-refractivity contribution is 6.33. The molecule has 1 amide bonds. The van der Waals surface area contributed by atoms with Crippen LogP contribution in [-0.2, 0) is 0 Å². The monoisotopic (exact) mass is 291 g/mol. The molecule has 0 saturated carbocycles. The molecular formula is C15H18ClN3O. The van der Waals surface area contributed by atoms with Crippen LogP contribution in [0.15, 0.2) is 30.5 Å². The zero-order valence-electron chi connectivity index (χ0n) is 11.8. The van der Waals surface area contributed by atoms with Crippen molar-refractivity contribution < 1.29 is 4.79 Å². The molecule has 1 heterocycles. The summed E-state index contributed by atoms with van der Waals surface area (Å²) in [5.41, 5.74) is 8.50. The van der Waals surface area contributed by atoms with Gasteiger partial charge in [0, 0.05) is 12.2 Å². The molecule has 0 fully saturated rings. The number of amides is 1. The highest BCUT2D eigenvalue weighted by atomic mass is 35.5. The van der Waals surface area contributed by atoms with Crippen LogP contribution in [0.25, 0.3) is 0 Å². The molecule has 106 valence electrons. The molecule has 3 N–H and O–H groups in total. The van der Waals surface area contributed by atoms with E-state index in [0.717, 1.165) is 5.56 Å². The number of hydrogen-bond donors (Lipinski definition) is 2. The van der Waals surface area contributed by atoms with Crippen molar-refractivity contribution >= 4 is 28.9 Å². The maximum absolute atomic E-state index is 12.4. The Balaban J connectivity index is 2.31. The van der Waals surface area contributed by atoms with Crippen LogP contribution < -0.4 is 11.1 Å². The van der Waals surface area contributed by atoms with Crippen molar-refractivity contribution in [1.29, 1.82) is 0 Å². The standard InChI is InChI=1S/C15H18ClN3O/c1-9(2)19-8-11(17)7-14(19)15(20)18-13-6-10(3)4-5-12(13)16/h4-9H,17H2,1-3H3,(H,18,20). The molecule has 0 atom stereocenters. The Kier molecular flexibility index (Phi) is 4.04. The third kappa shape index (κ3) is 2.96. The molecule has 20 heavy (non-hydrogen) atoms. The Hall–Kier alpha value is -1.94. The topological polar surface area (TPSA) is 60.1 Å². The minimum atomic E-state index is -0.220. The molecule has 0 radical (unpaired) electrons. The van der Waals surface area contributed by atoms with Gasteiger partial charge in [0.05, 0.1) is 16.4 Å². The van der Waals surface area contributed by atoms with Crippen LogP contribution in [0.1, 0.15) is 35.9 Å². The molecule has 0 aliphatic rings. The number of aryl methyl sites for hydroxylation is 1. The van der Waals surface area contributed by atoms with Crippen molar-refractivity contribution in [3.8, 4) is 0 Å². The first-order valence-corrected chi connectivity index (χ1v) is 6.81. The molecule has 2 rings (SSSR count). The summed E-state index contributed by atoms with van der Waals surface area (Å²) in [6, 6.07) is 7.32. The number of carbonyl (C=O) groups is 1. The van der Waals surface area contributed by atoms with Crippen LogP contribution in [0, 0.1) is 6.92 Å². The highest BCUT2D eigenvalue weighted by Crippen LogP contribution is 2.24. The number of nitrogens with two attached hydrogens (primary N) is 1. The molecule has 1 aromatic heterocycles. The minimum absolute atomic E-state index is 0.154. The van der Waals surface area contributed by atoms with E-state index in [1.807, 2.05) is 37.5 Å². The quantitative estimate of drug-likeness (QED) is 0.902. The third-order valence-electron chi connectivity index (χ3n) is 3.03. The summed E-state index contributed by atoms with van der Waals surface area (Å²) in [5, 5.41) is 3.34. The summed E-state index contributed by atoms with van der Waals surface area (Å²) < 4.78 is 1.84. The Morgan fingerprint density at radius 2 is 2.05 bits per heavy atom. The maximum Gasteiger partial charge on any atom is 0.272 e. The van der Waals surface area contributed by atoms with Crippen LogP contribution in [-0.4, -0.2) is 10.5 Å². The van der Waals surface area contributed by atoms with Crippen LogP contribution in [0.2, 0.25) is 5.02 Å². The van der Waals surface area contributed by atoms with Gasteiger partial charge < -0.3 is 15.6 Å². The predicted octanol–water partition coefficient (Wildman–Crippen LogP) is 3.87. The molecule has 4 nitrogen and oxygen atoms in total. The molecule has 0 unspecified atom stereocenters. The van der Waals surface area contributed by atoms with Gasteiger partial charge in [-0.15, -0.1) is 0 Å². The Morgan fingerprint density at radius 1 is 1.35 bits per heavy atom. The lowest BCUT2D eigenvalue weighted by Gasteiger charge is -2.13. The van der Waals surface area contributed by atoms with Gasteiger partial charge in [0.25, 0.3) is 5.91 Å². The van der Waals surface area contributed by atoms with E-state index >= 15 is 0 Å². The average molecular weight is 292 g/mol. The van der Waals surface area contributed by atoms with Gasteiger partial charge in [-0.2, -0.15) is 0 Å². The van der Waals surface area contributed by atoms with Gasteiger partial charge in [-0.1, -0.05) is 17.7 Å². The van der Waals surface area contributed by atoms with E-state index in [2.05, 4.69) is 5.32 Å². The van der Waals surface area contributed by atoms with Crippen molar-refractivity contribution in [2.45, 2.75) is 26.8 Å². The van der Waals surface area contributed by atoms with Gasteiger partial charge in [-0.3, -0.25) is 4.79 Å². The normalized spacial score (nSPS) is 10.8. The van der Waals surface area contributed by atoms with Crippen LogP contribution in [0.3, 0.4) is 0 Å². The second-order valence-electron chi connectivity index (χ2n) is 5.10. The van der Waals surface area contributed by atoms with E-state index in [-0.39, 0.29) is 11.9 Å². The van der Waals surface area contributed by atoms with Crippen molar-refractivity contribution in [3.63, 3.8) is 0 Å². The number of nitrogen functional groups attached to an aromatic ring is 1. The van der Waals surface area contributed by atoms with Crippen molar-refractivity contribution in [1.82, 2.24) is 4.57 Å². The Labute approximate surface area is 123 Å². The summed E-state index contributed by atoms with van der Waals surface area (Å²) in [6.45, 7) is 5.94. The molecular weight excluding hydrogens is 274 g/mol. The number of halogens is 1. The van der Waals surface area contributed by atoms with E-state index in [1.54, 1.807) is 18.3 Å². The van der Waals surface area contributed by atoms with Gasteiger partial charge in [0.2, 0.25) is 0 Å². The van der Waals surface area contributed by atoms with Gasteiger partial charge in [-0.25, -0.2) is 0 Å². The smallest absolute Gasteiger partial charge is 0.272 e. The SMILES string of the molecule is Cc1ccc(Cl)c(NC(=O)c2cc(N)cn2C(C)C)c1. The first kappa shape index (κ1) is 14.5. The molecule has 0 saturated heterocycles. The van der Waals surface area contributed by atoms with E-state index in [0.29, 0.717) is 22.1 Å². The fourth-order valence-electron chi connectivity index (χ4n) is 2.03. The van der Waals surface area contributed by atoms with E-state index in [9.17, 15) is 4.79 Å². The van der Waals surface area contributed by atoms with Gasteiger partial charge in [0.1, 0.15) is 5.69 Å². The number of nitrogens with zero attached hydrogens (tertiary/aromatic N) is 1. The molecule has 0 aliphatic heterocycles. The number of aromatic nitrogens is 1. The maximum atomic E-state index is 12.4. The Morgan fingerprint density at radius 3 is 2.70 bits per heavy atom. The lowest BCUT2D eigenvalue weighted by atomic mass is 10.2. The van der Waals surface area contributed by atoms with Crippen molar-refractivity contribution in [2.75, 3.05) is 11.1 Å².